The van der Waals surface area contributed by atoms with Crippen molar-refractivity contribution in [3.8, 4) is 0 Å². The van der Waals surface area contributed by atoms with E-state index in [1.807, 2.05) is 18.5 Å². The number of rotatable bonds is 9. The first-order valence-corrected chi connectivity index (χ1v) is 10.8. The monoisotopic (exact) mass is 405 g/mol. The molecular weight excluding hydrogens is 370 g/mol. The zero-order chi connectivity index (χ0) is 20.6. The molecule has 162 valence electrons. The SMILES string of the molecule is COCCCNC(=NCc1nnc(C)n1C)NC1CCCC(C(=O)NC2CC2)C1. The largest absolute Gasteiger partial charge is 0.385 e. The predicted molar refractivity (Wildman–Crippen MR) is 111 cm³/mol. The Morgan fingerprint density at radius 1 is 1.21 bits per heavy atom. The lowest BCUT2D eigenvalue weighted by molar-refractivity contribution is -0.126. The molecule has 2 atom stereocenters. The molecule has 3 rings (SSSR count). The van der Waals surface area contributed by atoms with Gasteiger partial charge in [0.2, 0.25) is 5.91 Å². The van der Waals surface area contributed by atoms with Crippen LogP contribution in [0.2, 0.25) is 0 Å². The molecule has 29 heavy (non-hydrogen) atoms. The summed E-state index contributed by atoms with van der Waals surface area (Å²) in [6, 6.07) is 0.666. The first-order valence-electron chi connectivity index (χ1n) is 10.8. The van der Waals surface area contributed by atoms with Gasteiger partial charge in [-0.3, -0.25) is 4.79 Å². The number of aliphatic imine (C=N–C) groups is 1. The summed E-state index contributed by atoms with van der Waals surface area (Å²) in [5.74, 6) is 2.77. The topological polar surface area (TPSA) is 105 Å². The van der Waals surface area contributed by atoms with E-state index in [0.717, 1.165) is 69.1 Å². The first-order chi connectivity index (χ1) is 14.1. The molecule has 9 heteroatoms. The van der Waals surface area contributed by atoms with E-state index in [9.17, 15) is 4.79 Å². The van der Waals surface area contributed by atoms with Crippen molar-refractivity contribution in [3.05, 3.63) is 11.6 Å². The lowest BCUT2D eigenvalue weighted by Crippen LogP contribution is -2.47. The Balaban J connectivity index is 1.57. The summed E-state index contributed by atoms with van der Waals surface area (Å²) < 4.78 is 7.08. The van der Waals surface area contributed by atoms with Gasteiger partial charge in [0.05, 0.1) is 0 Å². The molecule has 0 spiro atoms. The number of hydrogen-bond acceptors (Lipinski definition) is 5. The number of nitrogens with zero attached hydrogens (tertiary/aromatic N) is 4. The molecule has 1 aromatic heterocycles. The number of nitrogens with one attached hydrogen (secondary N) is 3. The van der Waals surface area contributed by atoms with Gasteiger partial charge in [0.25, 0.3) is 0 Å². The van der Waals surface area contributed by atoms with Crippen LogP contribution < -0.4 is 16.0 Å². The Morgan fingerprint density at radius 3 is 2.72 bits per heavy atom. The maximum Gasteiger partial charge on any atom is 0.223 e. The highest BCUT2D eigenvalue weighted by molar-refractivity contribution is 5.81. The molecule has 0 saturated heterocycles. The Bertz CT molecular complexity index is 699. The molecule has 0 aromatic carbocycles. The zero-order valence-electron chi connectivity index (χ0n) is 17.9. The number of methoxy groups -OCH3 is 1. The van der Waals surface area contributed by atoms with Gasteiger partial charge >= 0.3 is 0 Å². The van der Waals surface area contributed by atoms with Crippen LogP contribution in [0.1, 0.15) is 56.6 Å². The Kier molecular flexibility index (Phi) is 7.85. The minimum absolute atomic E-state index is 0.0954. The number of ether oxygens (including phenoxy) is 1. The van der Waals surface area contributed by atoms with E-state index in [2.05, 4.69) is 26.1 Å². The molecule has 3 N–H and O–H groups in total. The van der Waals surface area contributed by atoms with Crippen LogP contribution in [0.15, 0.2) is 4.99 Å². The van der Waals surface area contributed by atoms with Crippen molar-refractivity contribution in [2.75, 3.05) is 20.3 Å². The Morgan fingerprint density at radius 2 is 2.03 bits per heavy atom. The van der Waals surface area contributed by atoms with Crippen LogP contribution >= 0.6 is 0 Å². The smallest absolute Gasteiger partial charge is 0.223 e. The van der Waals surface area contributed by atoms with E-state index in [0.29, 0.717) is 19.2 Å². The normalized spacial score (nSPS) is 22.4. The highest BCUT2D eigenvalue weighted by atomic mass is 16.5. The van der Waals surface area contributed by atoms with Crippen molar-refractivity contribution in [3.63, 3.8) is 0 Å². The second kappa shape index (κ2) is 10.6. The summed E-state index contributed by atoms with van der Waals surface area (Å²) in [5, 5.41) is 18.4. The van der Waals surface area contributed by atoms with Crippen LogP contribution in [-0.4, -0.2) is 59.0 Å². The summed E-state index contributed by atoms with van der Waals surface area (Å²) in [6.45, 7) is 3.86. The summed E-state index contributed by atoms with van der Waals surface area (Å²) >= 11 is 0. The Hall–Kier alpha value is -2.16. The standard InChI is InChI=1S/C20H35N7O2/c1-14-25-26-18(27(14)2)13-22-20(21-10-5-11-29-3)24-17-7-4-6-15(12-17)19(28)23-16-8-9-16/h15-17H,4-13H2,1-3H3,(H,23,28)(H2,21,22,24). The average Bonchev–Trinajstić information content (AvgIpc) is 3.48. The van der Waals surface area contributed by atoms with Gasteiger partial charge in [-0.2, -0.15) is 0 Å². The second-order valence-corrected chi connectivity index (χ2v) is 8.15. The predicted octanol–water partition coefficient (Wildman–Crippen LogP) is 1.03. The molecule has 2 unspecified atom stereocenters. The van der Waals surface area contributed by atoms with Crippen LogP contribution in [0.4, 0.5) is 0 Å². The summed E-state index contributed by atoms with van der Waals surface area (Å²) in [6.07, 6.45) is 7.09. The molecule has 0 bridgehead atoms. The molecule has 1 heterocycles. The van der Waals surface area contributed by atoms with E-state index in [4.69, 9.17) is 9.73 Å². The molecule has 2 fully saturated rings. The highest BCUT2D eigenvalue weighted by Crippen LogP contribution is 2.26. The van der Waals surface area contributed by atoms with Gasteiger partial charge in [0.1, 0.15) is 12.4 Å². The van der Waals surface area contributed by atoms with Crippen molar-refractivity contribution in [1.82, 2.24) is 30.7 Å². The van der Waals surface area contributed by atoms with Gasteiger partial charge in [-0.05, 0) is 45.4 Å². The van der Waals surface area contributed by atoms with Crippen molar-refractivity contribution in [2.24, 2.45) is 18.0 Å². The van der Waals surface area contributed by atoms with E-state index >= 15 is 0 Å². The third kappa shape index (κ3) is 6.69. The van der Waals surface area contributed by atoms with Gasteiger partial charge in [0, 0.05) is 45.3 Å². The fourth-order valence-electron chi connectivity index (χ4n) is 3.61. The lowest BCUT2D eigenvalue weighted by Gasteiger charge is -2.30. The summed E-state index contributed by atoms with van der Waals surface area (Å²) in [7, 11) is 3.65. The molecule has 9 nitrogen and oxygen atoms in total. The highest BCUT2D eigenvalue weighted by Gasteiger charge is 2.31. The first kappa shape index (κ1) is 21.5. The van der Waals surface area contributed by atoms with Crippen LogP contribution in [-0.2, 0) is 23.1 Å². The lowest BCUT2D eigenvalue weighted by atomic mass is 9.85. The van der Waals surface area contributed by atoms with Crippen LogP contribution in [0.25, 0.3) is 0 Å². The summed E-state index contributed by atoms with van der Waals surface area (Å²) in [4.78, 5) is 17.2. The molecule has 2 aliphatic carbocycles. The maximum atomic E-state index is 12.5. The van der Waals surface area contributed by atoms with Gasteiger partial charge < -0.3 is 25.3 Å². The molecule has 1 aromatic rings. The van der Waals surface area contributed by atoms with Crippen molar-refractivity contribution >= 4 is 11.9 Å². The minimum atomic E-state index is 0.0954. The number of hydrogen-bond donors (Lipinski definition) is 3. The average molecular weight is 406 g/mol. The molecule has 2 saturated carbocycles. The molecule has 0 radical (unpaired) electrons. The Labute approximate surface area is 173 Å². The van der Waals surface area contributed by atoms with E-state index < -0.39 is 0 Å². The summed E-state index contributed by atoms with van der Waals surface area (Å²) in [5.41, 5.74) is 0. The zero-order valence-corrected chi connectivity index (χ0v) is 17.9. The second-order valence-electron chi connectivity index (χ2n) is 8.15. The van der Waals surface area contributed by atoms with Crippen molar-refractivity contribution in [1.29, 1.82) is 0 Å². The van der Waals surface area contributed by atoms with Crippen LogP contribution in [0, 0.1) is 12.8 Å². The van der Waals surface area contributed by atoms with Crippen LogP contribution in [0.3, 0.4) is 0 Å². The minimum Gasteiger partial charge on any atom is -0.385 e. The fourth-order valence-corrected chi connectivity index (χ4v) is 3.61. The molecule has 2 aliphatic rings. The maximum absolute atomic E-state index is 12.5. The van der Waals surface area contributed by atoms with Gasteiger partial charge in [-0.25, -0.2) is 4.99 Å². The van der Waals surface area contributed by atoms with Crippen molar-refractivity contribution < 1.29 is 9.53 Å². The molecule has 0 aliphatic heterocycles. The van der Waals surface area contributed by atoms with E-state index in [-0.39, 0.29) is 17.9 Å². The number of aryl methyl sites for hydroxylation is 1. The van der Waals surface area contributed by atoms with E-state index in [1.54, 1.807) is 7.11 Å². The number of carbonyl (C=O) groups is 1. The number of aromatic nitrogens is 3. The molecule has 1 amide bonds. The number of guanidine groups is 1. The molecular formula is C20H35N7O2. The fraction of sp³-hybridized carbons (Fsp3) is 0.800. The van der Waals surface area contributed by atoms with Crippen molar-refractivity contribution in [2.45, 2.75) is 70.5 Å². The van der Waals surface area contributed by atoms with Gasteiger partial charge in [0.15, 0.2) is 11.8 Å². The third-order valence-corrected chi connectivity index (χ3v) is 5.69. The van der Waals surface area contributed by atoms with Crippen LogP contribution in [0.5, 0.6) is 0 Å². The van der Waals surface area contributed by atoms with Gasteiger partial charge in [-0.15, -0.1) is 10.2 Å². The number of amides is 1. The van der Waals surface area contributed by atoms with Gasteiger partial charge in [-0.1, -0.05) is 6.42 Å². The van der Waals surface area contributed by atoms with E-state index in [1.165, 1.54) is 0 Å². The number of carbonyl (C=O) groups excluding carboxylic acids is 1. The third-order valence-electron chi connectivity index (χ3n) is 5.69. The quantitative estimate of drug-likeness (QED) is 0.322.